The van der Waals surface area contributed by atoms with Crippen LogP contribution in [-0.4, -0.2) is 24.4 Å². The Morgan fingerprint density at radius 3 is 2.87 bits per heavy atom. The lowest BCUT2D eigenvalue weighted by Crippen LogP contribution is -2.33. The largest absolute Gasteiger partial charge is 0.492 e. The van der Waals surface area contributed by atoms with Gasteiger partial charge in [-0.2, -0.15) is 5.10 Å². The first-order valence-electron chi connectivity index (χ1n) is 9.85. The Morgan fingerprint density at radius 1 is 1.23 bits per heavy atom. The molecule has 30 heavy (non-hydrogen) atoms. The molecule has 0 fully saturated rings. The molecule has 154 valence electrons. The highest BCUT2D eigenvalue weighted by atomic mass is 79.9. The van der Waals surface area contributed by atoms with Gasteiger partial charge >= 0.3 is 0 Å². The average molecular weight is 485 g/mol. The van der Waals surface area contributed by atoms with E-state index in [0.29, 0.717) is 18.1 Å². The van der Waals surface area contributed by atoms with Crippen molar-refractivity contribution in [2.45, 2.75) is 25.6 Å². The van der Waals surface area contributed by atoms with Crippen molar-refractivity contribution in [2.75, 3.05) is 13.7 Å². The zero-order valence-electron chi connectivity index (χ0n) is 16.7. The van der Waals surface area contributed by atoms with Crippen molar-refractivity contribution >= 4 is 33.0 Å². The Hall–Kier alpha value is -2.51. The minimum absolute atomic E-state index is 0.133. The number of para-hydroxylation sites is 1. The van der Waals surface area contributed by atoms with Gasteiger partial charge < -0.3 is 14.2 Å². The Morgan fingerprint density at radius 2 is 2.10 bits per heavy atom. The number of fused-ring (bicyclic) bond motifs is 3. The topological polar surface area (TPSA) is 43.3 Å². The third-order valence-corrected chi connectivity index (χ3v) is 6.83. The van der Waals surface area contributed by atoms with E-state index in [0.717, 1.165) is 27.9 Å². The number of hydrogen-bond donors (Lipinski definition) is 0. The van der Waals surface area contributed by atoms with Gasteiger partial charge in [0.1, 0.15) is 5.75 Å². The van der Waals surface area contributed by atoms with E-state index in [1.165, 1.54) is 10.4 Å². The Kier molecular flexibility index (Phi) is 5.16. The maximum Gasteiger partial charge on any atom is 0.214 e. The molecule has 0 saturated heterocycles. The van der Waals surface area contributed by atoms with Crippen molar-refractivity contribution < 1.29 is 14.2 Å². The van der Waals surface area contributed by atoms with Gasteiger partial charge in [-0.25, -0.2) is 5.01 Å². The molecular weight excluding hydrogens is 464 g/mol. The second-order valence-corrected chi connectivity index (χ2v) is 8.90. The maximum atomic E-state index is 6.46. The molecule has 0 bridgehead atoms. The Labute approximate surface area is 188 Å². The van der Waals surface area contributed by atoms with Crippen molar-refractivity contribution in [1.29, 1.82) is 0 Å². The summed E-state index contributed by atoms with van der Waals surface area (Å²) in [6, 6.07) is 16.6. The van der Waals surface area contributed by atoms with E-state index in [1.54, 1.807) is 18.4 Å². The number of thiophene rings is 1. The molecule has 0 saturated carbocycles. The summed E-state index contributed by atoms with van der Waals surface area (Å²) in [5.41, 5.74) is 3.22. The summed E-state index contributed by atoms with van der Waals surface area (Å²) in [5, 5.41) is 9.18. The van der Waals surface area contributed by atoms with E-state index in [1.807, 2.05) is 31.2 Å². The van der Waals surface area contributed by atoms with Crippen LogP contribution < -0.4 is 14.2 Å². The van der Waals surface area contributed by atoms with Gasteiger partial charge in [-0.15, -0.1) is 11.3 Å². The van der Waals surface area contributed by atoms with Gasteiger partial charge in [-0.1, -0.05) is 24.3 Å². The monoisotopic (exact) mass is 484 g/mol. The van der Waals surface area contributed by atoms with Gasteiger partial charge in [0.05, 0.1) is 34.8 Å². The van der Waals surface area contributed by atoms with E-state index in [2.05, 4.69) is 50.6 Å². The molecule has 0 aliphatic carbocycles. The van der Waals surface area contributed by atoms with Gasteiger partial charge in [0.25, 0.3) is 0 Å². The molecule has 0 radical (unpaired) electrons. The van der Waals surface area contributed by atoms with E-state index in [4.69, 9.17) is 19.3 Å². The van der Waals surface area contributed by atoms with Gasteiger partial charge in [0, 0.05) is 17.5 Å². The van der Waals surface area contributed by atoms with E-state index in [-0.39, 0.29) is 12.3 Å². The summed E-state index contributed by atoms with van der Waals surface area (Å²) < 4.78 is 18.7. The quantitative estimate of drug-likeness (QED) is 0.434. The average Bonchev–Trinajstić information content (AvgIpc) is 3.43. The summed E-state index contributed by atoms with van der Waals surface area (Å²) in [6.07, 6.45) is 0.497. The predicted octanol–water partition coefficient (Wildman–Crippen LogP) is 6.16. The number of hydrogen-bond acceptors (Lipinski definition) is 6. The Bertz CT molecular complexity index is 1100. The molecule has 1 aromatic heterocycles. The van der Waals surface area contributed by atoms with Crippen molar-refractivity contribution in [3.8, 4) is 17.2 Å². The summed E-state index contributed by atoms with van der Waals surface area (Å²) in [5.74, 6) is 2.26. The van der Waals surface area contributed by atoms with Crippen LogP contribution in [0.2, 0.25) is 0 Å². The van der Waals surface area contributed by atoms with Crippen LogP contribution in [0.15, 0.2) is 63.5 Å². The highest BCUT2D eigenvalue weighted by molar-refractivity contribution is 9.10. The van der Waals surface area contributed by atoms with E-state index < -0.39 is 0 Å². The molecule has 0 N–H and O–H groups in total. The number of hydrazone groups is 1. The first-order valence-corrected chi connectivity index (χ1v) is 11.5. The zero-order valence-corrected chi connectivity index (χ0v) is 19.1. The smallest absolute Gasteiger partial charge is 0.214 e. The summed E-state index contributed by atoms with van der Waals surface area (Å²) in [4.78, 5) is 1.20. The summed E-state index contributed by atoms with van der Waals surface area (Å²) in [6.45, 7) is 2.51. The number of nitrogens with zero attached hydrogens (tertiary/aromatic N) is 2. The molecule has 2 aliphatic rings. The van der Waals surface area contributed by atoms with Gasteiger partial charge in [-0.05, 0) is 52.5 Å². The molecular formula is C23H21BrN2O3S. The first-order chi connectivity index (χ1) is 14.7. The number of benzene rings is 2. The van der Waals surface area contributed by atoms with E-state index >= 15 is 0 Å². The molecule has 0 spiro atoms. The molecule has 2 atom stereocenters. The fraction of sp³-hybridized carbons (Fsp3) is 0.261. The SMILES string of the molecule is CCOc1cc([C@H]2Oc3ccccc3[C@@H]3CC(c4cccs4)=NN23)cc(Br)c1OC. The molecule has 0 unspecified atom stereocenters. The second-order valence-electron chi connectivity index (χ2n) is 7.10. The lowest BCUT2D eigenvalue weighted by molar-refractivity contribution is -0.0192. The number of methoxy groups -OCH3 is 1. The van der Waals surface area contributed by atoms with Crippen molar-refractivity contribution in [3.05, 3.63) is 74.4 Å². The highest BCUT2D eigenvalue weighted by Crippen LogP contribution is 2.49. The van der Waals surface area contributed by atoms with Gasteiger partial charge in [0.2, 0.25) is 6.23 Å². The standard InChI is InChI=1S/C23H21BrN2O3S/c1-3-28-20-12-14(11-16(24)22(20)27-2)23-26-18(15-7-4-5-8-19(15)29-23)13-17(25-26)21-9-6-10-30-21/h4-12,18,23H,3,13H2,1-2H3/t18-,23+/m0/s1. The van der Waals surface area contributed by atoms with Crippen LogP contribution >= 0.6 is 27.3 Å². The summed E-state index contributed by atoms with van der Waals surface area (Å²) >= 11 is 5.35. The maximum absolute atomic E-state index is 6.46. The molecule has 2 aromatic carbocycles. The molecule has 7 heteroatoms. The number of ether oxygens (including phenoxy) is 3. The summed E-state index contributed by atoms with van der Waals surface area (Å²) in [7, 11) is 1.64. The predicted molar refractivity (Wildman–Crippen MR) is 122 cm³/mol. The second kappa shape index (κ2) is 7.96. The van der Waals surface area contributed by atoms with Crippen molar-refractivity contribution in [1.82, 2.24) is 5.01 Å². The molecule has 2 aliphatic heterocycles. The van der Waals surface area contributed by atoms with Crippen LogP contribution in [0.4, 0.5) is 0 Å². The van der Waals surface area contributed by atoms with Crippen molar-refractivity contribution in [3.63, 3.8) is 0 Å². The number of rotatable bonds is 5. The van der Waals surface area contributed by atoms with Crippen LogP contribution in [-0.2, 0) is 0 Å². The third kappa shape index (κ3) is 3.26. The lowest BCUT2D eigenvalue weighted by atomic mass is 9.97. The normalized spacial score (nSPS) is 19.6. The molecule has 3 heterocycles. The molecule has 5 rings (SSSR count). The van der Waals surface area contributed by atoms with Crippen molar-refractivity contribution in [2.24, 2.45) is 5.10 Å². The van der Waals surface area contributed by atoms with Crippen LogP contribution in [0.3, 0.4) is 0 Å². The van der Waals surface area contributed by atoms with E-state index in [9.17, 15) is 0 Å². The van der Waals surface area contributed by atoms with Crippen LogP contribution in [0, 0.1) is 0 Å². The minimum Gasteiger partial charge on any atom is -0.492 e. The van der Waals surface area contributed by atoms with Crippen LogP contribution in [0.25, 0.3) is 0 Å². The first kappa shape index (κ1) is 19.5. The molecule has 3 aromatic rings. The third-order valence-electron chi connectivity index (χ3n) is 5.33. The lowest BCUT2D eigenvalue weighted by Gasteiger charge is -2.38. The highest BCUT2D eigenvalue weighted by Gasteiger charge is 2.41. The molecule has 0 amide bonds. The van der Waals surface area contributed by atoms with Gasteiger partial charge in [-0.3, -0.25) is 0 Å². The zero-order chi connectivity index (χ0) is 20.7. The minimum atomic E-state index is -0.358. The fourth-order valence-corrected chi connectivity index (χ4v) is 5.38. The van der Waals surface area contributed by atoms with Gasteiger partial charge in [0.15, 0.2) is 11.5 Å². The Balaban J connectivity index is 1.61. The molecule has 5 nitrogen and oxygen atoms in total. The van der Waals surface area contributed by atoms with Crippen LogP contribution in [0.1, 0.15) is 41.6 Å². The fourth-order valence-electron chi connectivity index (χ4n) is 4.04. The number of halogens is 1. The van der Waals surface area contributed by atoms with Crippen LogP contribution in [0.5, 0.6) is 17.2 Å².